The van der Waals surface area contributed by atoms with Crippen LogP contribution in [-0.4, -0.2) is 13.1 Å². The maximum absolute atomic E-state index is 9.50. The predicted octanol–water partition coefficient (Wildman–Crippen LogP) is 5.05. The van der Waals surface area contributed by atoms with Crippen LogP contribution in [0.4, 0.5) is 5.69 Å². The van der Waals surface area contributed by atoms with Gasteiger partial charge in [-0.3, -0.25) is 0 Å². The first kappa shape index (κ1) is 15.4. The Bertz CT molecular complexity index is 729. The van der Waals surface area contributed by atoms with E-state index in [1.165, 1.54) is 24.9 Å². The second kappa shape index (κ2) is 7.15. The Morgan fingerprint density at radius 3 is 2.35 bits per heavy atom. The van der Waals surface area contributed by atoms with Gasteiger partial charge < -0.3 is 4.90 Å². The molecule has 2 aromatic rings. The molecule has 0 amide bonds. The van der Waals surface area contributed by atoms with Crippen molar-refractivity contribution in [3.8, 4) is 6.07 Å². The van der Waals surface area contributed by atoms with Gasteiger partial charge in [-0.2, -0.15) is 5.26 Å². The van der Waals surface area contributed by atoms with E-state index in [9.17, 15) is 5.26 Å². The Kier molecular flexibility index (Phi) is 4.78. The molecule has 116 valence electrons. The topological polar surface area (TPSA) is 27.0 Å². The van der Waals surface area contributed by atoms with Crippen LogP contribution in [0.3, 0.4) is 0 Å². The number of hydrogen-bond donors (Lipinski definition) is 0. The van der Waals surface area contributed by atoms with E-state index < -0.39 is 0 Å². The fourth-order valence-corrected chi connectivity index (χ4v) is 3.15. The van der Waals surface area contributed by atoms with Crippen LogP contribution in [0.5, 0.6) is 0 Å². The standard InChI is InChI=1S/C21H22N2/c1-17-7-3-4-8-21(17)19(16-22)15-18-9-11-20(12-10-18)23-13-5-2-6-14-23/h3-4,7-12,15H,2,5-6,13-14H2,1H3/b19-15+. The second-order valence-electron chi connectivity index (χ2n) is 6.12. The molecule has 1 aliphatic heterocycles. The molecule has 0 N–H and O–H groups in total. The van der Waals surface area contributed by atoms with Gasteiger partial charge in [0.05, 0.1) is 11.6 Å². The molecular weight excluding hydrogens is 280 g/mol. The van der Waals surface area contributed by atoms with Gasteiger partial charge in [0.1, 0.15) is 0 Å². The van der Waals surface area contributed by atoms with Gasteiger partial charge in [0.25, 0.3) is 0 Å². The lowest BCUT2D eigenvalue weighted by molar-refractivity contribution is 0.578. The number of aryl methyl sites for hydroxylation is 1. The molecule has 0 unspecified atom stereocenters. The van der Waals surface area contributed by atoms with Gasteiger partial charge in [-0.05, 0) is 61.1 Å². The van der Waals surface area contributed by atoms with Gasteiger partial charge in [0.15, 0.2) is 0 Å². The highest BCUT2D eigenvalue weighted by molar-refractivity contribution is 5.90. The molecule has 23 heavy (non-hydrogen) atoms. The van der Waals surface area contributed by atoms with Crippen LogP contribution in [-0.2, 0) is 0 Å². The van der Waals surface area contributed by atoms with Crippen molar-refractivity contribution in [1.82, 2.24) is 0 Å². The average molecular weight is 302 g/mol. The molecule has 0 spiro atoms. The lowest BCUT2D eigenvalue weighted by Crippen LogP contribution is -2.29. The van der Waals surface area contributed by atoms with E-state index in [4.69, 9.17) is 0 Å². The molecule has 1 heterocycles. The van der Waals surface area contributed by atoms with E-state index in [1.807, 2.05) is 37.3 Å². The maximum Gasteiger partial charge on any atom is 0.0998 e. The summed E-state index contributed by atoms with van der Waals surface area (Å²) in [6.45, 7) is 4.35. The second-order valence-corrected chi connectivity index (χ2v) is 6.12. The third-order valence-corrected chi connectivity index (χ3v) is 4.48. The Balaban J connectivity index is 1.84. The van der Waals surface area contributed by atoms with Crippen LogP contribution < -0.4 is 4.90 Å². The minimum Gasteiger partial charge on any atom is -0.372 e. The quantitative estimate of drug-likeness (QED) is 0.586. The van der Waals surface area contributed by atoms with E-state index in [2.05, 4.69) is 35.2 Å². The van der Waals surface area contributed by atoms with Gasteiger partial charge in [-0.1, -0.05) is 36.4 Å². The number of hydrogen-bond acceptors (Lipinski definition) is 2. The van der Waals surface area contributed by atoms with Crippen molar-refractivity contribution >= 4 is 17.3 Å². The largest absolute Gasteiger partial charge is 0.372 e. The van der Waals surface area contributed by atoms with Gasteiger partial charge in [-0.15, -0.1) is 0 Å². The smallest absolute Gasteiger partial charge is 0.0998 e. The van der Waals surface area contributed by atoms with Gasteiger partial charge in [0.2, 0.25) is 0 Å². The molecule has 1 aliphatic rings. The number of allylic oxidation sites excluding steroid dienone is 1. The lowest BCUT2D eigenvalue weighted by atomic mass is 9.99. The first-order chi connectivity index (χ1) is 11.3. The molecule has 0 bridgehead atoms. The van der Waals surface area contributed by atoms with Crippen molar-refractivity contribution < 1.29 is 0 Å². The molecule has 2 aromatic carbocycles. The molecule has 0 aliphatic carbocycles. The summed E-state index contributed by atoms with van der Waals surface area (Å²) in [7, 11) is 0. The van der Waals surface area contributed by atoms with Crippen LogP contribution in [0, 0.1) is 18.3 Å². The first-order valence-electron chi connectivity index (χ1n) is 8.31. The minimum absolute atomic E-state index is 0.717. The molecule has 2 nitrogen and oxygen atoms in total. The van der Waals surface area contributed by atoms with E-state index in [-0.39, 0.29) is 0 Å². The van der Waals surface area contributed by atoms with Gasteiger partial charge in [-0.25, -0.2) is 0 Å². The van der Waals surface area contributed by atoms with Crippen LogP contribution in [0.1, 0.15) is 36.0 Å². The zero-order chi connectivity index (χ0) is 16.1. The maximum atomic E-state index is 9.50. The van der Waals surface area contributed by atoms with Crippen molar-refractivity contribution in [2.45, 2.75) is 26.2 Å². The summed E-state index contributed by atoms with van der Waals surface area (Å²) in [6, 6.07) is 18.9. The fourth-order valence-electron chi connectivity index (χ4n) is 3.15. The predicted molar refractivity (Wildman–Crippen MR) is 97.2 cm³/mol. The molecule has 0 atom stereocenters. The average Bonchev–Trinajstić information content (AvgIpc) is 2.62. The Morgan fingerprint density at radius 1 is 1.00 bits per heavy atom. The van der Waals surface area contributed by atoms with Gasteiger partial charge >= 0.3 is 0 Å². The van der Waals surface area contributed by atoms with Crippen molar-refractivity contribution in [3.05, 3.63) is 65.2 Å². The van der Waals surface area contributed by atoms with E-state index in [0.717, 1.165) is 29.8 Å². The summed E-state index contributed by atoms with van der Waals surface area (Å²) in [4.78, 5) is 2.45. The molecule has 3 rings (SSSR count). The molecule has 1 saturated heterocycles. The highest BCUT2D eigenvalue weighted by Gasteiger charge is 2.10. The number of rotatable bonds is 3. The Morgan fingerprint density at radius 2 is 1.70 bits per heavy atom. The molecule has 0 saturated carbocycles. The number of nitriles is 1. The van der Waals surface area contributed by atoms with Crippen molar-refractivity contribution in [3.63, 3.8) is 0 Å². The van der Waals surface area contributed by atoms with E-state index in [1.54, 1.807) is 0 Å². The first-order valence-corrected chi connectivity index (χ1v) is 8.31. The summed E-state index contributed by atoms with van der Waals surface area (Å²) in [5, 5.41) is 9.50. The molecule has 2 heteroatoms. The summed E-state index contributed by atoms with van der Waals surface area (Å²) in [5.74, 6) is 0. The summed E-state index contributed by atoms with van der Waals surface area (Å²) in [6.07, 6.45) is 5.89. The third-order valence-electron chi connectivity index (χ3n) is 4.48. The van der Waals surface area contributed by atoms with Crippen molar-refractivity contribution in [2.24, 2.45) is 0 Å². The summed E-state index contributed by atoms with van der Waals surface area (Å²) in [5.41, 5.74) is 5.22. The number of piperidine rings is 1. The monoisotopic (exact) mass is 302 g/mol. The lowest BCUT2D eigenvalue weighted by Gasteiger charge is -2.28. The minimum atomic E-state index is 0.717. The third kappa shape index (κ3) is 3.63. The fraction of sp³-hybridized carbons (Fsp3) is 0.286. The normalized spacial score (nSPS) is 15.3. The van der Waals surface area contributed by atoms with Crippen LogP contribution in [0.25, 0.3) is 11.6 Å². The molecule has 1 fully saturated rings. The molecular formula is C21H22N2. The zero-order valence-corrected chi connectivity index (χ0v) is 13.6. The van der Waals surface area contributed by atoms with E-state index in [0.29, 0.717) is 5.57 Å². The molecule has 0 radical (unpaired) electrons. The summed E-state index contributed by atoms with van der Waals surface area (Å²) < 4.78 is 0. The zero-order valence-electron chi connectivity index (χ0n) is 13.6. The summed E-state index contributed by atoms with van der Waals surface area (Å²) >= 11 is 0. The van der Waals surface area contributed by atoms with Crippen molar-refractivity contribution in [2.75, 3.05) is 18.0 Å². The highest BCUT2D eigenvalue weighted by Crippen LogP contribution is 2.24. The highest BCUT2D eigenvalue weighted by atomic mass is 15.1. The van der Waals surface area contributed by atoms with Crippen molar-refractivity contribution in [1.29, 1.82) is 5.26 Å². The van der Waals surface area contributed by atoms with E-state index >= 15 is 0 Å². The SMILES string of the molecule is Cc1ccccc1/C(C#N)=C/c1ccc(N2CCCCC2)cc1. The number of anilines is 1. The van der Waals surface area contributed by atoms with Crippen LogP contribution in [0.15, 0.2) is 48.5 Å². The van der Waals surface area contributed by atoms with Gasteiger partial charge in [0, 0.05) is 18.8 Å². The van der Waals surface area contributed by atoms with Crippen LogP contribution >= 0.6 is 0 Å². The number of nitrogens with zero attached hydrogens (tertiary/aromatic N) is 2. The number of benzene rings is 2. The van der Waals surface area contributed by atoms with Crippen LogP contribution in [0.2, 0.25) is 0 Å². The molecule has 0 aromatic heterocycles. The Labute approximate surface area is 138 Å². The Hall–Kier alpha value is -2.53.